The molecule has 2 heterocycles. The van der Waals surface area contributed by atoms with Crippen LogP contribution in [0.4, 0.5) is 0 Å². The first kappa shape index (κ1) is 20.0. The van der Waals surface area contributed by atoms with Gasteiger partial charge >= 0.3 is 0 Å². The number of benzene rings is 1. The molecule has 2 aromatic rings. The molecule has 1 aromatic carbocycles. The molecule has 3 amide bonds. The van der Waals surface area contributed by atoms with Gasteiger partial charge in [-0.05, 0) is 25.0 Å². The molecule has 1 aliphatic rings. The molecule has 138 valence electrons. The summed E-state index contributed by atoms with van der Waals surface area (Å²) in [5.74, 6) is -0.737. The number of nitrogens with two attached hydrogens (primary N) is 1. The fraction of sp³-hybridized carbons (Fsp3) is 0.294. The van der Waals surface area contributed by atoms with Gasteiger partial charge in [-0.1, -0.05) is 12.1 Å². The van der Waals surface area contributed by atoms with E-state index in [-0.39, 0.29) is 30.1 Å². The minimum Gasteiger partial charge on any atom is -0.351 e. The first-order valence-corrected chi connectivity index (χ1v) is 8.87. The third-order valence-corrected chi connectivity index (χ3v) is 4.80. The molecular weight excluding hydrogens is 376 g/mol. The third kappa shape index (κ3) is 4.09. The maximum Gasteiger partial charge on any atom is 0.270 e. The summed E-state index contributed by atoms with van der Waals surface area (Å²) in [5, 5.41) is 5.17. The lowest BCUT2D eigenvalue weighted by Crippen LogP contribution is -2.31. The molecule has 0 fully saturated rings. The zero-order valence-electron chi connectivity index (χ0n) is 13.9. The van der Waals surface area contributed by atoms with Crippen molar-refractivity contribution < 1.29 is 14.4 Å². The summed E-state index contributed by atoms with van der Waals surface area (Å²) in [5.41, 5.74) is 6.76. The molecule has 0 spiro atoms. The average molecular weight is 395 g/mol. The van der Waals surface area contributed by atoms with E-state index in [9.17, 15) is 14.4 Å². The van der Waals surface area contributed by atoms with E-state index in [1.807, 2.05) is 0 Å². The second-order valence-electron chi connectivity index (χ2n) is 5.60. The number of hydrogen-bond acceptors (Lipinski definition) is 6. The number of amides is 3. The Morgan fingerprint density at radius 2 is 1.81 bits per heavy atom. The van der Waals surface area contributed by atoms with Crippen LogP contribution in [0.25, 0.3) is 0 Å². The van der Waals surface area contributed by atoms with E-state index in [1.165, 1.54) is 16.2 Å². The summed E-state index contributed by atoms with van der Waals surface area (Å²) in [6.07, 6.45) is 1.28. The first-order chi connectivity index (χ1) is 12.1. The fourth-order valence-corrected chi connectivity index (χ4v) is 3.29. The summed E-state index contributed by atoms with van der Waals surface area (Å²) in [4.78, 5) is 41.7. The second kappa shape index (κ2) is 8.88. The van der Waals surface area contributed by atoms with Crippen molar-refractivity contribution >= 4 is 41.5 Å². The van der Waals surface area contributed by atoms with Crippen LogP contribution in [0.2, 0.25) is 0 Å². The Morgan fingerprint density at radius 1 is 1.15 bits per heavy atom. The molecule has 1 aromatic heterocycles. The van der Waals surface area contributed by atoms with Gasteiger partial charge in [0.25, 0.3) is 17.7 Å². The molecule has 26 heavy (non-hydrogen) atoms. The number of hydrogen-bond donors (Lipinski definition) is 2. The number of rotatable bonds is 7. The number of nitrogens with one attached hydrogen (secondary N) is 1. The molecular formula is C17H19ClN4O3S. The molecule has 7 nitrogen and oxygen atoms in total. The van der Waals surface area contributed by atoms with Crippen LogP contribution in [0.5, 0.6) is 0 Å². The predicted molar refractivity (Wildman–Crippen MR) is 101 cm³/mol. The van der Waals surface area contributed by atoms with Crippen LogP contribution in [0.3, 0.4) is 0 Å². The highest BCUT2D eigenvalue weighted by molar-refractivity contribution is 7.09. The van der Waals surface area contributed by atoms with E-state index in [0.717, 1.165) is 5.01 Å². The number of aromatic nitrogens is 1. The van der Waals surface area contributed by atoms with Gasteiger partial charge in [0.15, 0.2) is 0 Å². The monoisotopic (exact) mass is 394 g/mol. The number of halogens is 1. The summed E-state index contributed by atoms with van der Waals surface area (Å²) in [6, 6.07) is 6.83. The lowest BCUT2D eigenvalue weighted by Gasteiger charge is -2.13. The van der Waals surface area contributed by atoms with Crippen molar-refractivity contribution in [1.29, 1.82) is 0 Å². The van der Waals surface area contributed by atoms with E-state index in [0.29, 0.717) is 49.3 Å². The Hall–Kier alpha value is -2.29. The Balaban J connectivity index is 0.00000243. The van der Waals surface area contributed by atoms with Crippen LogP contribution >= 0.6 is 23.7 Å². The van der Waals surface area contributed by atoms with Gasteiger partial charge in [0.2, 0.25) is 0 Å². The maximum absolute atomic E-state index is 12.2. The van der Waals surface area contributed by atoms with Crippen LogP contribution in [0.1, 0.15) is 49.1 Å². The van der Waals surface area contributed by atoms with Gasteiger partial charge < -0.3 is 11.1 Å². The quantitative estimate of drug-likeness (QED) is 0.550. The first-order valence-electron chi connectivity index (χ1n) is 7.99. The zero-order valence-corrected chi connectivity index (χ0v) is 15.6. The Kier molecular flexibility index (Phi) is 6.84. The number of unbranched alkanes of at least 4 members (excludes halogenated alkanes) is 1. The van der Waals surface area contributed by atoms with Crippen molar-refractivity contribution in [1.82, 2.24) is 15.2 Å². The second-order valence-corrected chi connectivity index (χ2v) is 6.54. The number of fused-ring (bicyclic) bond motifs is 1. The SMILES string of the molecule is Cl.NCc1nc(C(=O)NCCCCN2C(=O)c3ccccc3C2=O)cs1. The van der Waals surface area contributed by atoms with Crippen molar-refractivity contribution in [2.45, 2.75) is 19.4 Å². The number of carbonyl (C=O) groups is 3. The summed E-state index contributed by atoms with van der Waals surface area (Å²) < 4.78 is 0. The highest BCUT2D eigenvalue weighted by Gasteiger charge is 2.34. The lowest BCUT2D eigenvalue weighted by atomic mass is 10.1. The number of thiazole rings is 1. The van der Waals surface area contributed by atoms with E-state index in [4.69, 9.17) is 5.73 Å². The predicted octanol–water partition coefficient (Wildman–Crippen LogP) is 1.83. The highest BCUT2D eigenvalue weighted by Crippen LogP contribution is 2.22. The molecule has 3 rings (SSSR count). The summed E-state index contributed by atoms with van der Waals surface area (Å²) in [7, 11) is 0. The van der Waals surface area contributed by atoms with Gasteiger partial charge in [-0.3, -0.25) is 19.3 Å². The molecule has 9 heteroatoms. The molecule has 0 unspecified atom stereocenters. The Morgan fingerprint density at radius 3 is 2.38 bits per heavy atom. The largest absolute Gasteiger partial charge is 0.351 e. The van der Waals surface area contributed by atoms with E-state index >= 15 is 0 Å². The third-order valence-electron chi connectivity index (χ3n) is 3.93. The van der Waals surface area contributed by atoms with E-state index in [1.54, 1.807) is 29.6 Å². The minimum atomic E-state index is -0.249. The summed E-state index contributed by atoms with van der Waals surface area (Å²) >= 11 is 1.35. The molecule has 0 atom stereocenters. The van der Waals surface area contributed by atoms with Gasteiger partial charge in [-0.15, -0.1) is 23.7 Å². The van der Waals surface area contributed by atoms with Crippen molar-refractivity contribution in [2.75, 3.05) is 13.1 Å². The smallest absolute Gasteiger partial charge is 0.270 e. The van der Waals surface area contributed by atoms with Gasteiger partial charge in [-0.2, -0.15) is 0 Å². The topological polar surface area (TPSA) is 105 Å². The van der Waals surface area contributed by atoms with Crippen LogP contribution in [-0.2, 0) is 6.54 Å². The Bertz CT molecular complexity index is 789. The van der Waals surface area contributed by atoms with Gasteiger partial charge in [0.05, 0.1) is 11.1 Å². The van der Waals surface area contributed by atoms with E-state index in [2.05, 4.69) is 10.3 Å². The average Bonchev–Trinajstić information content (AvgIpc) is 3.20. The van der Waals surface area contributed by atoms with Crippen molar-refractivity contribution in [3.05, 3.63) is 51.5 Å². The van der Waals surface area contributed by atoms with Crippen LogP contribution in [-0.4, -0.2) is 40.7 Å². The van der Waals surface area contributed by atoms with Crippen LogP contribution < -0.4 is 11.1 Å². The normalized spacial score (nSPS) is 12.7. The standard InChI is InChI=1S/C17H18N4O3S.ClH/c18-9-14-20-13(10-25-14)15(22)19-7-3-4-8-21-16(23)11-5-1-2-6-12(11)17(21)24;/h1-2,5-6,10H,3-4,7-9,18H2,(H,19,22);1H. The van der Waals surface area contributed by atoms with Gasteiger partial charge in [0.1, 0.15) is 10.7 Å². The molecule has 0 saturated heterocycles. The van der Waals surface area contributed by atoms with Crippen LogP contribution in [0, 0.1) is 0 Å². The molecule has 1 aliphatic heterocycles. The van der Waals surface area contributed by atoms with Gasteiger partial charge in [-0.25, -0.2) is 4.98 Å². The molecule has 3 N–H and O–H groups in total. The highest BCUT2D eigenvalue weighted by atomic mass is 35.5. The van der Waals surface area contributed by atoms with Crippen molar-refractivity contribution in [3.63, 3.8) is 0 Å². The van der Waals surface area contributed by atoms with Crippen molar-refractivity contribution in [2.24, 2.45) is 5.73 Å². The number of carbonyl (C=O) groups excluding carboxylic acids is 3. The van der Waals surface area contributed by atoms with Gasteiger partial charge in [0, 0.05) is 25.0 Å². The molecule has 0 aliphatic carbocycles. The maximum atomic E-state index is 12.2. The van der Waals surface area contributed by atoms with Crippen molar-refractivity contribution in [3.8, 4) is 0 Å². The molecule has 0 saturated carbocycles. The fourth-order valence-electron chi connectivity index (χ4n) is 2.64. The summed E-state index contributed by atoms with van der Waals surface area (Å²) in [6.45, 7) is 1.12. The van der Waals surface area contributed by atoms with Crippen LogP contribution in [0.15, 0.2) is 29.6 Å². The van der Waals surface area contributed by atoms with E-state index < -0.39 is 0 Å². The Labute approximate surface area is 161 Å². The molecule has 0 radical (unpaired) electrons. The number of imide groups is 1. The minimum absolute atomic E-state index is 0. The zero-order chi connectivity index (χ0) is 17.8. The molecule has 0 bridgehead atoms. The number of nitrogens with zero attached hydrogens (tertiary/aromatic N) is 2. The lowest BCUT2D eigenvalue weighted by molar-refractivity contribution is 0.0650.